The molecule has 1 atom stereocenters. The van der Waals surface area contributed by atoms with Crippen molar-refractivity contribution in [2.75, 3.05) is 11.9 Å². The maximum absolute atomic E-state index is 9.14. The first kappa shape index (κ1) is 10.9. The molecule has 0 saturated carbocycles. The molecule has 0 aromatic carbocycles. The number of hydrogen-bond donors (Lipinski definition) is 2. The summed E-state index contributed by atoms with van der Waals surface area (Å²) in [5, 5.41) is 12.3. The van der Waals surface area contributed by atoms with Crippen LogP contribution in [0.25, 0.3) is 0 Å². The van der Waals surface area contributed by atoms with Crippen LogP contribution in [0.5, 0.6) is 0 Å². The molecule has 14 heavy (non-hydrogen) atoms. The van der Waals surface area contributed by atoms with Crippen LogP contribution in [0.2, 0.25) is 0 Å². The van der Waals surface area contributed by atoms with Crippen molar-refractivity contribution in [1.29, 1.82) is 0 Å². The van der Waals surface area contributed by atoms with Gasteiger partial charge < -0.3 is 10.4 Å². The number of aromatic nitrogens is 2. The maximum Gasteiger partial charge on any atom is 0.147 e. The average molecular weight is 195 g/mol. The summed E-state index contributed by atoms with van der Waals surface area (Å²) in [5.74, 6) is 1.11. The molecule has 0 aliphatic heterocycles. The van der Waals surface area contributed by atoms with Crippen molar-refractivity contribution < 1.29 is 5.11 Å². The highest BCUT2D eigenvalue weighted by Crippen LogP contribution is 2.11. The molecular weight excluding hydrogens is 178 g/mol. The van der Waals surface area contributed by atoms with Crippen molar-refractivity contribution in [3.8, 4) is 0 Å². The zero-order valence-corrected chi connectivity index (χ0v) is 8.86. The van der Waals surface area contributed by atoms with Gasteiger partial charge in [0, 0.05) is 12.4 Å². The first-order valence-electron chi connectivity index (χ1n) is 4.80. The van der Waals surface area contributed by atoms with E-state index in [9.17, 15) is 0 Å². The van der Waals surface area contributed by atoms with E-state index in [1.54, 1.807) is 12.4 Å². The maximum atomic E-state index is 9.14. The summed E-state index contributed by atoms with van der Waals surface area (Å²) in [6.07, 6.45) is 3.30. The Labute approximate surface area is 84.4 Å². The van der Waals surface area contributed by atoms with Gasteiger partial charge in [-0.3, -0.25) is 4.98 Å². The number of nitrogens with zero attached hydrogens (tertiary/aromatic N) is 2. The molecule has 4 heteroatoms. The highest BCUT2D eigenvalue weighted by molar-refractivity contribution is 5.39. The second-order valence-corrected chi connectivity index (χ2v) is 3.67. The third-order valence-corrected chi connectivity index (χ3v) is 2.20. The lowest BCUT2D eigenvalue weighted by Crippen LogP contribution is -2.30. The van der Waals surface area contributed by atoms with Crippen LogP contribution in [-0.4, -0.2) is 27.7 Å². The van der Waals surface area contributed by atoms with Gasteiger partial charge in [-0.25, -0.2) is 4.98 Å². The molecule has 1 aromatic rings. The Hall–Kier alpha value is -1.16. The minimum Gasteiger partial charge on any atom is -0.394 e. The molecule has 0 aliphatic rings. The molecular formula is C10H17N3O. The molecule has 0 bridgehead atoms. The van der Waals surface area contributed by atoms with E-state index >= 15 is 0 Å². The van der Waals surface area contributed by atoms with Gasteiger partial charge in [0.2, 0.25) is 0 Å². The molecule has 1 aromatic heterocycles. The molecule has 78 valence electrons. The fourth-order valence-electron chi connectivity index (χ4n) is 1.15. The van der Waals surface area contributed by atoms with Crippen molar-refractivity contribution in [2.45, 2.75) is 26.8 Å². The van der Waals surface area contributed by atoms with Crippen molar-refractivity contribution in [1.82, 2.24) is 9.97 Å². The van der Waals surface area contributed by atoms with Crippen LogP contribution in [-0.2, 0) is 0 Å². The van der Waals surface area contributed by atoms with Crippen LogP contribution in [0.4, 0.5) is 5.82 Å². The van der Waals surface area contributed by atoms with Crippen LogP contribution in [0.1, 0.15) is 19.5 Å². The Bertz CT molecular complexity index is 288. The smallest absolute Gasteiger partial charge is 0.147 e. The fourth-order valence-corrected chi connectivity index (χ4v) is 1.15. The predicted molar refractivity (Wildman–Crippen MR) is 56.1 cm³/mol. The van der Waals surface area contributed by atoms with E-state index in [0.717, 1.165) is 11.5 Å². The van der Waals surface area contributed by atoms with Gasteiger partial charge in [-0.15, -0.1) is 0 Å². The molecule has 1 heterocycles. The topological polar surface area (TPSA) is 58.0 Å². The zero-order chi connectivity index (χ0) is 10.6. The molecule has 1 rings (SSSR count). The summed E-state index contributed by atoms with van der Waals surface area (Å²) in [7, 11) is 0. The highest BCUT2D eigenvalue weighted by Gasteiger charge is 2.13. The molecule has 0 radical (unpaired) electrons. The molecule has 0 amide bonds. The SMILES string of the molecule is Cc1nccnc1N[C@H](CO)C(C)C. The van der Waals surface area contributed by atoms with Gasteiger partial charge in [0.25, 0.3) is 0 Å². The van der Waals surface area contributed by atoms with Gasteiger partial charge in [-0.05, 0) is 12.8 Å². The third kappa shape index (κ3) is 2.67. The Morgan fingerprint density at radius 1 is 1.36 bits per heavy atom. The normalized spacial score (nSPS) is 12.9. The molecule has 0 saturated heterocycles. The van der Waals surface area contributed by atoms with Gasteiger partial charge in [0.15, 0.2) is 0 Å². The number of aliphatic hydroxyl groups excluding tert-OH is 1. The van der Waals surface area contributed by atoms with E-state index in [1.807, 2.05) is 6.92 Å². The van der Waals surface area contributed by atoms with Gasteiger partial charge in [0.1, 0.15) is 5.82 Å². The lowest BCUT2D eigenvalue weighted by molar-refractivity contribution is 0.249. The van der Waals surface area contributed by atoms with Crippen molar-refractivity contribution in [3.63, 3.8) is 0 Å². The van der Waals surface area contributed by atoms with Crippen LogP contribution in [0, 0.1) is 12.8 Å². The van der Waals surface area contributed by atoms with E-state index < -0.39 is 0 Å². The van der Waals surface area contributed by atoms with Gasteiger partial charge in [-0.1, -0.05) is 13.8 Å². The van der Waals surface area contributed by atoms with Crippen molar-refractivity contribution >= 4 is 5.82 Å². The summed E-state index contributed by atoms with van der Waals surface area (Å²) in [4.78, 5) is 8.28. The lowest BCUT2D eigenvalue weighted by Gasteiger charge is -2.20. The van der Waals surface area contributed by atoms with E-state index in [0.29, 0.717) is 5.92 Å². The minimum atomic E-state index is 0.0328. The number of anilines is 1. The number of aliphatic hydroxyl groups is 1. The van der Waals surface area contributed by atoms with Crippen LogP contribution < -0.4 is 5.32 Å². The molecule has 2 N–H and O–H groups in total. The van der Waals surface area contributed by atoms with Crippen LogP contribution >= 0.6 is 0 Å². The minimum absolute atomic E-state index is 0.0328. The number of rotatable bonds is 4. The van der Waals surface area contributed by atoms with Gasteiger partial charge >= 0.3 is 0 Å². The summed E-state index contributed by atoms with van der Waals surface area (Å²) < 4.78 is 0. The summed E-state index contributed by atoms with van der Waals surface area (Å²) in [6, 6.07) is 0.0328. The van der Waals surface area contributed by atoms with Crippen LogP contribution in [0.15, 0.2) is 12.4 Å². The number of hydrogen-bond acceptors (Lipinski definition) is 4. The Balaban J connectivity index is 2.72. The summed E-state index contributed by atoms with van der Waals surface area (Å²) >= 11 is 0. The van der Waals surface area contributed by atoms with Gasteiger partial charge in [0.05, 0.1) is 18.3 Å². The zero-order valence-electron chi connectivity index (χ0n) is 8.86. The highest BCUT2D eigenvalue weighted by atomic mass is 16.3. The average Bonchev–Trinajstić information content (AvgIpc) is 2.16. The standard InChI is InChI=1S/C10H17N3O/c1-7(2)9(6-14)13-10-8(3)11-4-5-12-10/h4-5,7,9,14H,6H2,1-3H3,(H,12,13)/t9-/m1/s1. The van der Waals surface area contributed by atoms with E-state index in [-0.39, 0.29) is 12.6 Å². The van der Waals surface area contributed by atoms with E-state index in [4.69, 9.17) is 5.11 Å². The molecule has 0 fully saturated rings. The largest absolute Gasteiger partial charge is 0.394 e. The molecule has 0 aliphatic carbocycles. The molecule has 4 nitrogen and oxygen atoms in total. The molecule has 0 unspecified atom stereocenters. The van der Waals surface area contributed by atoms with Crippen LogP contribution in [0.3, 0.4) is 0 Å². The third-order valence-electron chi connectivity index (χ3n) is 2.20. The summed E-state index contributed by atoms with van der Waals surface area (Å²) in [6.45, 7) is 6.11. The molecule has 0 spiro atoms. The van der Waals surface area contributed by atoms with Crippen molar-refractivity contribution in [2.24, 2.45) is 5.92 Å². The number of aryl methyl sites for hydroxylation is 1. The first-order chi connectivity index (χ1) is 6.65. The predicted octanol–water partition coefficient (Wildman–Crippen LogP) is 1.21. The van der Waals surface area contributed by atoms with E-state index in [2.05, 4.69) is 29.1 Å². The quantitative estimate of drug-likeness (QED) is 0.758. The first-order valence-corrected chi connectivity index (χ1v) is 4.80. The Kier molecular flexibility index (Phi) is 3.83. The summed E-state index contributed by atoms with van der Waals surface area (Å²) in [5.41, 5.74) is 0.853. The van der Waals surface area contributed by atoms with Gasteiger partial charge in [-0.2, -0.15) is 0 Å². The second kappa shape index (κ2) is 4.91. The monoisotopic (exact) mass is 195 g/mol. The Morgan fingerprint density at radius 2 is 2.00 bits per heavy atom. The lowest BCUT2D eigenvalue weighted by atomic mass is 10.1. The fraction of sp³-hybridized carbons (Fsp3) is 0.600. The van der Waals surface area contributed by atoms with E-state index in [1.165, 1.54) is 0 Å². The Morgan fingerprint density at radius 3 is 2.50 bits per heavy atom. The second-order valence-electron chi connectivity index (χ2n) is 3.67. The van der Waals surface area contributed by atoms with Crippen molar-refractivity contribution in [3.05, 3.63) is 18.1 Å². The number of nitrogens with one attached hydrogen (secondary N) is 1.